The van der Waals surface area contributed by atoms with Crippen LogP contribution in [0.4, 0.5) is 0 Å². The fourth-order valence-corrected chi connectivity index (χ4v) is 0. The van der Waals surface area contributed by atoms with Crippen LogP contribution in [0.3, 0.4) is 0 Å². The Morgan fingerprint density at radius 2 is 0.200 bits per heavy atom. The van der Waals surface area contributed by atoms with Gasteiger partial charge in [0.05, 0.1) is 0 Å². The Hall–Kier alpha value is 0.887. The van der Waals surface area contributed by atoms with Crippen molar-refractivity contribution in [3.05, 3.63) is 0 Å². The summed E-state index contributed by atoms with van der Waals surface area (Å²) >= 11 is 0. The molecule has 0 spiro atoms. The minimum absolute atomic E-state index is 0. The Kier molecular flexibility index (Phi) is 134000. The monoisotopic (exact) mass is 328 g/mol. The van der Waals surface area contributed by atoms with Crippen molar-refractivity contribution < 1.29 is 86.6 Å². The molecule has 0 aromatic rings. The van der Waals surface area contributed by atoms with Crippen molar-refractivity contribution >= 4 is 0 Å². The Labute approximate surface area is 86.4 Å². The first-order valence-electron chi connectivity index (χ1n) is 0. The number of rotatable bonds is 0. The largest absolute Gasteiger partial charge is 3.00 e. The Balaban J connectivity index is 0. The molecular formula is H18ErO9+3. The molecule has 0 aliphatic heterocycles. The third-order valence-electron chi connectivity index (χ3n) is 0. The molecule has 0 fully saturated rings. The molecule has 0 aliphatic carbocycles. The molecule has 10 heteroatoms. The SMILES string of the molecule is O.O.O.O.O.O.O.O.O.[Er+3]. The van der Waals surface area contributed by atoms with Gasteiger partial charge in [0, 0.05) is 0 Å². The predicted molar refractivity (Wildman–Crippen MR) is 32.5 cm³/mol. The summed E-state index contributed by atoms with van der Waals surface area (Å²) in [7, 11) is 0. The van der Waals surface area contributed by atoms with Crippen molar-refractivity contribution in [2.24, 2.45) is 0 Å². The van der Waals surface area contributed by atoms with E-state index in [2.05, 4.69) is 0 Å². The van der Waals surface area contributed by atoms with Gasteiger partial charge in [-0.15, -0.1) is 0 Å². The number of hydrogen-bond acceptors (Lipinski definition) is 0. The van der Waals surface area contributed by atoms with Crippen molar-refractivity contribution in [3.63, 3.8) is 0 Å². The van der Waals surface area contributed by atoms with Gasteiger partial charge in [-0.2, -0.15) is 0 Å². The molecule has 0 saturated carbocycles. The first kappa shape index (κ1) is 1350. The molecule has 10 heavy (non-hydrogen) atoms. The van der Waals surface area contributed by atoms with E-state index in [1.807, 2.05) is 0 Å². The van der Waals surface area contributed by atoms with E-state index in [1.165, 1.54) is 0 Å². The average Bonchev–Trinajstić information content (AvgIpc) is 0. The second kappa shape index (κ2) is 993. The molecule has 0 saturated heterocycles. The van der Waals surface area contributed by atoms with Gasteiger partial charge in [0.1, 0.15) is 0 Å². The maximum Gasteiger partial charge on any atom is 3.00 e. The van der Waals surface area contributed by atoms with Gasteiger partial charge in [-0.05, 0) is 0 Å². The first-order chi connectivity index (χ1) is 0. The van der Waals surface area contributed by atoms with Gasteiger partial charge in [-0.3, -0.25) is 0 Å². The van der Waals surface area contributed by atoms with E-state index in [9.17, 15) is 0 Å². The van der Waals surface area contributed by atoms with E-state index in [4.69, 9.17) is 0 Å². The molecule has 1 radical (unpaired) electrons. The maximum atomic E-state index is 0. The zero-order chi connectivity index (χ0) is 0. The molecule has 0 bridgehead atoms. The molecule has 9 nitrogen and oxygen atoms in total. The van der Waals surface area contributed by atoms with Gasteiger partial charge < -0.3 is 49.3 Å². The molecule has 0 aromatic heterocycles. The van der Waals surface area contributed by atoms with Gasteiger partial charge in [0.2, 0.25) is 0 Å². The summed E-state index contributed by atoms with van der Waals surface area (Å²) in [5.41, 5.74) is 0. The van der Waals surface area contributed by atoms with Crippen molar-refractivity contribution in [2.75, 3.05) is 0 Å². The second-order valence-electron chi connectivity index (χ2n) is 0. The van der Waals surface area contributed by atoms with Crippen LogP contribution in [-0.2, 0) is 0 Å². The molecule has 0 amide bonds. The maximum absolute atomic E-state index is 0. The third kappa shape index (κ3) is 703. The van der Waals surface area contributed by atoms with Crippen molar-refractivity contribution in [2.45, 2.75) is 0 Å². The molecule has 0 aliphatic rings. The Morgan fingerprint density at radius 1 is 0.200 bits per heavy atom. The van der Waals surface area contributed by atoms with E-state index < -0.39 is 0 Å². The first-order valence-corrected chi connectivity index (χ1v) is 0. The summed E-state index contributed by atoms with van der Waals surface area (Å²) in [5, 5.41) is 0. The summed E-state index contributed by atoms with van der Waals surface area (Å²) in [6.07, 6.45) is 0. The van der Waals surface area contributed by atoms with Crippen LogP contribution in [0.15, 0.2) is 0 Å². The van der Waals surface area contributed by atoms with Gasteiger partial charge in [-0.25, -0.2) is 0 Å². The van der Waals surface area contributed by atoms with Crippen molar-refractivity contribution in [1.29, 1.82) is 0 Å². The zero-order valence-electron chi connectivity index (χ0n) is 4.79. The van der Waals surface area contributed by atoms with Crippen LogP contribution in [0.5, 0.6) is 0 Å². The summed E-state index contributed by atoms with van der Waals surface area (Å²) in [6, 6.07) is 0. The minimum atomic E-state index is 0. The summed E-state index contributed by atoms with van der Waals surface area (Å²) < 4.78 is 0. The normalized spacial score (nSPS) is 0. The third-order valence-corrected chi connectivity index (χ3v) is 0. The molecule has 0 aromatic carbocycles. The Morgan fingerprint density at radius 3 is 0.200 bits per heavy atom. The van der Waals surface area contributed by atoms with E-state index in [0.717, 1.165) is 0 Å². The molecule has 0 unspecified atom stereocenters. The van der Waals surface area contributed by atoms with Gasteiger partial charge in [-0.1, -0.05) is 0 Å². The molecule has 0 rings (SSSR count). The van der Waals surface area contributed by atoms with Crippen LogP contribution in [0, 0.1) is 37.3 Å². The van der Waals surface area contributed by atoms with Crippen LogP contribution in [-0.4, -0.2) is 49.3 Å². The zero-order valence-corrected chi connectivity index (χ0v) is 6.64. The molecule has 0 heterocycles. The van der Waals surface area contributed by atoms with Crippen molar-refractivity contribution in [3.8, 4) is 0 Å². The summed E-state index contributed by atoms with van der Waals surface area (Å²) in [5.74, 6) is 0. The van der Waals surface area contributed by atoms with Gasteiger partial charge in [0.25, 0.3) is 0 Å². The second-order valence-corrected chi connectivity index (χ2v) is 0. The van der Waals surface area contributed by atoms with E-state index in [1.54, 1.807) is 0 Å². The quantitative estimate of drug-likeness (QED) is 0.400. The van der Waals surface area contributed by atoms with Crippen LogP contribution < -0.4 is 0 Å². The fraction of sp³-hybridized carbons (Fsp3) is 0. The number of hydrogen-bond donors (Lipinski definition) is 0. The molecular weight excluding hydrogens is 311 g/mol. The molecule has 18 N–H and O–H groups in total. The van der Waals surface area contributed by atoms with Gasteiger partial charge >= 0.3 is 37.3 Å². The smallest absolute Gasteiger partial charge is 0.412 e. The van der Waals surface area contributed by atoms with E-state index in [-0.39, 0.29) is 86.6 Å². The van der Waals surface area contributed by atoms with Crippen LogP contribution in [0.1, 0.15) is 0 Å². The summed E-state index contributed by atoms with van der Waals surface area (Å²) in [4.78, 5) is 0. The standard InChI is InChI=1S/Er.9H2O/h;9*1H2/q+3;;;;;;;;;. The molecule has 0 atom stereocenters. The van der Waals surface area contributed by atoms with Crippen molar-refractivity contribution in [1.82, 2.24) is 0 Å². The summed E-state index contributed by atoms with van der Waals surface area (Å²) in [6.45, 7) is 0. The van der Waals surface area contributed by atoms with Crippen LogP contribution in [0.25, 0.3) is 0 Å². The minimum Gasteiger partial charge on any atom is -0.412 e. The topological polar surface area (TPSA) is 284 Å². The predicted octanol–water partition coefficient (Wildman–Crippen LogP) is -7.42. The molecule has 81 valence electrons. The van der Waals surface area contributed by atoms with Crippen LogP contribution in [0.2, 0.25) is 0 Å². The van der Waals surface area contributed by atoms with Crippen LogP contribution >= 0.6 is 0 Å². The average molecular weight is 329 g/mol. The Bertz CT molecular complexity index is 4.69. The van der Waals surface area contributed by atoms with E-state index in [0.29, 0.717) is 0 Å². The van der Waals surface area contributed by atoms with E-state index >= 15 is 0 Å². The fourth-order valence-electron chi connectivity index (χ4n) is 0. The van der Waals surface area contributed by atoms with Gasteiger partial charge in [0.15, 0.2) is 0 Å².